The molecule has 0 aliphatic carbocycles. The van der Waals surface area contributed by atoms with Crippen molar-refractivity contribution in [1.29, 1.82) is 0 Å². The minimum absolute atomic E-state index is 0.0667. The van der Waals surface area contributed by atoms with E-state index in [1.165, 1.54) is 9.47 Å². The number of pyridine rings is 1. The Balaban J connectivity index is 1.93. The van der Waals surface area contributed by atoms with Crippen molar-refractivity contribution in [2.45, 2.75) is 32.6 Å². The van der Waals surface area contributed by atoms with E-state index in [4.69, 9.17) is 0 Å². The highest BCUT2D eigenvalue weighted by Crippen LogP contribution is 2.39. The molecule has 1 aromatic rings. The number of amides is 1. The highest BCUT2D eigenvalue weighted by atomic mass is 19.4. The van der Waals surface area contributed by atoms with Crippen LogP contribution in [0.3, 0.4) is 0 Å². The van der Waals surface area contributed by atoms with Crippen molar-refractivity contribution in [3.8, 4) is 11.4 Å². The Morgan fingerprint density at radius 1 is 1.13 bits per heavy atom. The van der Waals surface area contributed by atoms with E-state index in [0.29, 0.717) is 12.1 Å². The summed E-state index contributed by atoms with van der Waals surface area (Å²) >= 11 is 0. The van der Waals surface area contributed by atoms with Gasteiger partial charge in [0, 0.05) is 44.5 Å². The Hall–Kier alpha value is -2.87. The first-order valence-corrected chi connectivity index (χ1v) is 10.1. The number of aryl methyl sites for hydroxylation is 1. The lowest BCUT2D eigenvalue weighted by atomic mass is 10.1. The number of alkyl halides is 3. The van der Waals surface area contributed by atoms with Crippen LogP contribution in [0, 0.1) is 6.92 Å². The highest BCUT2D eigenvalue weighted by Gasteiger charge is 2.39. The highest BCUT2D eigenvalue weighted by molar-refractivity contribution is 5.77. The Labute approximate surface area is 180 Å². The van der Waals surface area contributed by atoms with Gasteiger partial charge in [-0.2, -0.15) is 13.2 Å². The molecule has 2 aliphatic heterocycles. The molecule has 166 valence electrons. The molecule has 0 bridgehead atoms. The summed E-state index contributed by atoms with van der Waals surface area (Å²) in [5.41, 5.74) is 1.60. The van der Waals surface area contributed by atoms with Crippen molar-refractivity contribution in [2.24, 2.45) is 0 Å². The lowest BCUT2D eigenvalue weighted by Gasteiger charge is -2.19. The summed E-state index contributed by atoms with van der Waals surface area (Å²) in [7, 11) is 5.03. The molecular weight excluding hydrogens is 405 g/mol. The number of benzene rings is 1. The normalized spacial score (nSPS) is 12.0. The van der Waals surface area contributed by atoms with Gasteiger partial charge in [0.05, 0.1) is 0 Å². The largest absolute Gasteiger partial charge is 0.433 e. The zero-order valence-electron chi connectivity index (χ0n) is 18.2. The predicted molar refractivity (Wildman–Crippen MR) is 114 cm³/mol. The summed E-state index contributed by atoms with van der Waals surface area (Å²) in [5, 5.41) is 0. The number of carbonyl (C=O) groups is 1. The van der Waals surface area contributed by atoms with Crippen molar-refractivity contribution >= 4 is 5.91 Å². The van der Waals surface area contributed by atoms with Crippen LogP contribution < -0.4 is 0 Å². The standard InChI is InChI=1S/C23H27F3N4O/c1-16-12-18-19(14-29(4)11-10-17-8-6-5-7-9-17)21(23(24,25)26)27-22(18)30(13-16)15-20(31)28(2)3/h5-9,12-13H,10-11,14-15H2,1-4H3. The average Bonchev–Trinajstić information content (AvgIpc) is 3.06. The molecule has 0 fully saturated rings. The molecule has 0 unspecified atom stereocenters. The lowest BCUT2D eigenvalue weighted by Crippen LogP contribution is -2.27. The van der Waals surface area contributed by atoms with Crippen LogP contribution in [0.4, 0.5) is 13.2 Å². The molecule has 1 amide bonds. The Morgan fingerprint density at radius 3 is 2.42 bits per heavy atom. The van der Waals surface area contributed by atoms with Gasteiger partial charge >= 0.3 is 6.18 Å². The van der Waals surface area contributed by atoms with E-state index in [0.717, 1.165) is 17.5 Å². The Bertz CT molecular complexity index is 1010. The summed E-state index contributed by atoms with van der Waals surface area (Å²) < 4.78 is 43.0. The molecule has 1 aromatic carbocycles. The molecule has 0 N–H and O–H groups in total. The number of fused-ring (bicyclic) bond motifs is 1. The van der Waals surface area contributed by atoms with Gasteiger partial charge in [-0.15, -0.1) is 0 Å². The number of carbonyl (C=O) groups excluding carboxylic acids is 1. The average molecular weight is 432 g/mol. The second-order valence-electron chi connectivity index (χ2n) is 8.08. The monoisotopic (exact) mass is 432 g/mol. The number of halogens is 3. The molecule has 3 rings (SSSR count). The van der Waals surface area contributed by atoms with Crippen LogP contribution >= 0.6 is 0 Å². The first-order valence-electron chi connectivity index (χ1n) is 10.1. The minimum atomic E-state index is -4.58. The number of likely N-dealkylation sites (N-methyl/N-ethyl adjacent to an activating group) is 2. The lowest BCUT2D eigenvalue weighted by molar-refractivity contribution is -0.141. The van der Waals surface area contributed by atoms with Gasteiger partial charge in [0.15, 0.2) is 5.69 Å². The minimum Gasteiger partial charge on any atom is -0.347 e. The third kappa shape index (κ3) is 5.44. The topological polar surface area (TPSA) is 41.4 Å². The molecule has 0 saturated carbocycles. The number of hydrogen-bond acceptors (Lipinski definition) is 3. The number of nitrogens with zero attached hydrogens (tertiary/aromatic N) is 4. The molecule has 5 nitrogen and oxygen atoms in total. The summed E-state index contributed by atoms with van der Waals surface area (Å²) in [6.07, 6.45) is -2.17. The molecule has 8 heteroatoms. The fourth-order valence-electron chi connectivity index (χ4n) is 3.55. The van der Waals surface area contributed by atoms with E-state index in [1.807, 2.05) is 35.2 Å². The molecule has 2 heterocycles. The number of aromatic nitrogens is 2. The van der Waals surface area contributed by atoms with Gasteiger partial charge in [0.25, 0.3) is 0 Å². The Morgan fingerprint density at radius 2 is 1.81 bits per heavy atom. The Kier molecular flexibility index (Phi) is 6.69. The van der Waals surface area contributed by atoms with E-state index in [9.17, 15) is 18.0 Å². The fraction of sp³-hybridized carbons (Fsp3) is 0.391. The van der Waals surface area contributed by atoms with Crippen LogP contribution in [0.5, 0.6) is 0 Å². The molecule has 31 heavy (non-hydrogen) atoms. The first-order chi connectivity index (χ1) is 14.6. The van der Waals surface area contributed by atoms with E-state index >= 15 is 0 Å². The molecule has 0 saturated heterocycles. The van der Waals surface area contributed by atoms with Gasteiger partial charge in [-0.05, 0) is 37.6 Å². The maximum atomic E-state index is 13.8. The fourth-order valence-corrected chi connectivity index (χ4v) is 3.55. The SMILES string of the molecule is Cc1cc2c(CN(C)CCc3ccccc3)c(C(F)(F)F)nc-2n(CC(=O)N(C)C)c1. The summed E-state index contributed by atoms with van der Waals surface area (Å²) in [5.74, 6) is -0.0328. The van der Waals surface area contributed by atoms with E-state index in [-0.39, 0.29) is 30.4 Å². The van der Waals surface area contributed by atoms with Crippen molar-refractivity contribution < 1.29 is 18.0 Å². The van der Waals surface area contributed by atoms with E-state index < -0.39 is 11.9 Å². The summed E-state index contributed by atoms with van der Waals surface area (Å²) in [4.78, 5) is 19.4. The predicted octanol–water partition coefficient (Wildman–Crippen LogP) is 4.08. The van der Waals surface area contributed by atoms with Gasteiger partial charge in [-0.3, -0.25) is 4.79 Å². The van der Waals surface area contributed by atoms with Gasteiger partial charge in [0.1, 0.15) is 12.4 Å². The molecule has 0 radical (unpaired) electrons. The maximum absolute atomic E-state index is 13.8. The molecule has 0 atom stereocenters. The zero-order valence-corrected chi connectivity index (χ0v) is 18.2. The first kappa shape index (κ1) is 22.8. The third-order valence-electron chi connectivity index (χ3n) is 5.20. The van der Waals surface area contributed by atoms with Gasteiger partial charge in [-0.1, -0.05) is 30.3 Å². The second kappa shape index (κ2) is 9.09. The van der Waals surface area contributed by atoms with Gasteiger partial charge < -0.3 is 14.4 Å². The van der Waals surface area contributed by atoms with E-state index in [1.54, 1.807) is 40.3 Å². The van der Waals surface area contributed by atoms with E-state index in [2.05, 4.69) is 4.98 Å². The van der Waals surface area contributed by atoms with Gasteiger partial charge in [-0.25, -0.2) is 4.98 Å². The van der Waals surface area contributed by atoms with Crippen molar-refractivity contribution in [1.82, 2.24) is 19.4 Å². The van der Waals surface area contributed by atoms with Crippen LogP contribution in [0.25, 0.3) is 11.4 Å². The van der Waals surface area contributed by atoms with Crippen LogP contribution in [0.1, 0.15) is 22.4 Å². The van der Waals surface area contributed by atoms with Crippen molar-refractivity contribution in [3.05, 3.63) is 65.0 Å². The maximum Gasteiger partial charge on any atom is 0.433 e. The van der Waals surface area contributed by atoms with Gasteiger partial charge in [0.2, 0.25) is 5.91 Å². The van der Waals surface area contributed by atoms with Crippen LogP contribution in [-0.4, -0.2) is 52.9 Å². The number of rotatable bonds is 7. The molecule has 2 aliphatic rings. The van der Waals surface area contributed by atoms with Crippen molar-refractivity contribution in [2.75, 3.05) is 27.7 Å². The summed E-state index contributed by atoms with van der Waals surface area (Å²) in [6.45, 7) is 2.46. The second-order valence-corrected chi connectivity index (χ2v) is 8.08. The molecule has 0 spiro atoms. The smallest absolute Gasteiger partial charge is 0.347 e. The van der Waals surface area contributed by atoms with Crippen LogP contribution in [-0.2, 0) is 30.5 Å². The van der Waals surface area contributed by atoms with Crippen LogP contribution in [0.2, 0.25) is 0 Å². The summed E-state index contributed by atoms with van der Waals surface area (Å²) in [6, 6.07) is 11.5. The van der Waals surface area contributed by atoms with Crippen LogP contribution in [0.15, 0.2) is 42.6 Å². The molecular formula is C23H27F3N4O. The van der Waals surface area contributed by atoms with Crippen molar-refractivity contribution in [3.63, 3.8) is 0 Å². The third-order valence-corrected chi connectivity index (χ3v) is 5.20. The molecule has 0 aromatic heterocycles. The number of hydrogen-bond donors (Lipinski definition) is 0. The zero-order chi connectivity index (χ0) is 22.8. The quantitative estimate of drug-likeness (QED) is 0.565.